The zero-order valence-corrected chi connectivity index (χ0v) is 17.8. The fourth-order valence-corrected chi connectivity index (χ4v) is 4.69. The summed E-state index contributed by atoms with van der Waals surface area (Å²) < 4.78 is 0. The number of oxime groups is 1. The normalized spacial score (nSPS) is 13.0. The second-order valence-electron chi connectivity index (χ2n) is 7.96. The minimum absolute atomic E-state index is 0.118. The number of rotatable bonds is 5. The first-order valence-corrected chi connectivity index (χ1v) is 10.8. The Hall–Kier alpha value is -3.98. The molecular weight excluding hydrogens is 394 g/mol. The fourth-order valence-electron chi connectivity index (χ4n) is 4.69. The van der Waals surface area contributed by atoms with Crippen molar-refractivity contribution in [3.05, 3.63) is 131 Å². The molecule has 0 atom stereocenters. The molecule has 0 N–H and O–H groups in total. The molecule has 5 rings (SSSR count). The van der Waals surface area contributed by atoms with Gasteiger partial charge in [-0.1, -0.05) is 114 Å². The van der Waals surface area contributed by atoms with Crippen molar-refractivity contribution in [2.24, 2.45) is 5.16 Å². The summed E-state index contributed by atoms with van der Waals surface area (Å²) in [6.07, 6.45) is 0. The summed E-state index contributed by atoms with van der Waals surface area (Å²) in [6.45, 7) is 1.39. The van der Waals surface area contributed by atoms with E-state index in [-0.39, 0.29) is 11.8 Å². The van der Waals surface area contributed by atoms with Gasteiger partial charge in [0, 0.05) is 6.92 Å². The molecule has 3 heteroatoms. The lowest BCUT2D eigenvalue weighted by molar-refractivity contribution is -0.141. The number of nitrogens with zero attached hydrogens (tertiary/aromatic N) is 1. The van der Waals surface area contributed by atoms with E-state index >= 15 is 0 Å². The van der Waals surface area contributed by atoms with Crippen LogP contribution in [0.2, 0.25) is 0 Å². The summed E-state index contributed by atoms with van der Waals surface area (Å²) >= 11 is 0. The minimum atomic E-state index is -0.429. The van der Waals surface area contributed by atoms with Crippen molar-refractivity contribution in [1.82, 2.24) is 0 Å². The standard InChI is InChI=1S/C29H23NO2/c1-20(31)32-30-29(27(21-12-4-2-5-13-21)22-14-6-3-7-15-22)28-25-18-10-8-16-23(25)24-17-9-11-19-26(24)28/h2-19,27-28H,1H3/b30-29-. The minimum Gasteiger partial charge on any atom is -0.319 e. The highest BCUT2D eigenvalue weighted by Gasteiger charge is 2.37. The number of carbonyl (C=O) groups excluding carboxylic acids is 1. The molecule has 0 radical (unpaired) electrons. The molecule has 3 nitrogen and oxygen atoms in total. The molecule has 4 aromatic rings. The maximum absolute atomic E-state index is 11.8. The molecule has 0 spiro atoms. The van der Waals surface area contributed by atoms with E-state index in [0.717, 1.165) is 16.8 Å². The summed E-state index contributed by atoms with van der Waals surface area (Å²) in [5.41, 5.74) is 7.76. The van der Waals surface area contributed by atoms with E-state index in [0.29, 0.717) is 0 Å². The Labute approximate surface area is 188 Å². The predicted octanol–water partition coefficient (Wildman–Crippen LogP) is 6.55. The smallest absolute Gasteiger partial charge is 0.319 e. The van der Waals surface area contributed by atoms with Crippen LogP contribution in [0, 0.1) is 0 Å². The highest BCUT2D eigenvalue weighted by atomic mass is 16.7. The van der Waals surface area contributed by atoms with Gasteiger partial charge in [-0.2, -0.15) is 0 Å². The fraction of sp³-hybridized carbons (Fsp3) is 0.103. The third kappa shape index (κ3) is 3.63. The van der Waals surface area contributed by atoms with Crippen LogP contribution in [0.4, 0.5) is 0 Å². The van der Waals surface area contributed by atoms with Crippen LogP contribution in [0.3, 0.4) is 0 Å². The molecule has 0 unspecified atom stereocenters. The number of fused-ring (bicyclic) bond motifs is 3. The van der Waals surface area contributed by atoms with Crippen LogP contribution in [0.25, 0.3) is 11.1 Å². The maximum atomic E-state index is 11.8. The molecule has 0 fully saturated rings. The van der Waals surface area contributed by atoms with Gasteiger partial charge < -0.3 is 4.84 Å². The van der Waals surface area contributed by atoms with Crippen LogP contribution in [0.5, 0.6) is 0 Å². The van der Waals surface area contributed by atoms with Crippen LogP contribution >= 0.6 is 0 Å². The van der Waals surface area contributed by atoms with Crippen LogP contribution in [-0.2, 0) is 9.63 Å². The lowest BCUT2D eigenvalue weighted by Crippen LogP contribution is -2.23. The van der Waals surface area contributed by atoms with Gasteiger partial charge in [0.1, 0.15) is 0 Å². The SMILES string of the molecule is CC(=O)O/N=C(/C(c1ccccc1)c1ccccc1)C1c2ccccc2-c2ccccc21. The molecule has 0 aliphatic heterocycles. The van der Waals surface area contributed by atoms with Gasteiger partial charge in [-0.25, -0.2) is 4.79 Å². The zero-order valence-electron chi connectivity index (χ0n) is 17.8. The zero-order chi connectivity index (χ0) is 21.9. The van der Waals surface area contributed by atoms with Gasteiger partial charge in [-0.05, 0) is 33.4 Å². The summed E-state index contributed by atoms with van der Waals surface area (Å²) in [7, 11) is 0. The van der Waals surface area contributed by atoms with Crippen molar-refractivity contribution >= 4 is 11.7 Å². The summed E-state index contributed by atoms with van der Waals surface area (Å²) in [6, 6.07) is 37.4. The molecule has 0 bridgehead atoms. The molecule has 32 heavy (non-hydrogen) atoms. The van der Waals surface area contributed by atoms with Crippen molar-refractivity contribution in [3.63, 3.8) is 0 Å². The van der Waals surface area contributed by atoms with E-state index in [9.17, 15) is 4.79 Å². The Morgan fingerprint density at radius 2 is 1.12 bits per heavy atom. The molecule has 0 heterocycles. The Morgan fingerprint density at radius 3 is 1.59 bits per heavy atom. The van der Waals surface area contributed by atoms with Gasteiger partial charge in [-0.3, -0.25) is 0 Å². The Bertz CT molecular complexity index is 1190. The van der Waals surface area contributed by atoms with E-state index in [1.54, 1.807) is 0 Å². The van der Waals surface area contributed by atoms with E-state index in [1.165, 1.54) is 29.2 Å². The summed E-state index contributed by atoms with van der Waals surface area (Å²) in [5, 5.41) is 4.52. The quantitative estimate of drug-likeness (QED) is 0.210. The Morgan fingerprint density at radius 1 is 0.688 bits per heavy atom. The highest BCUT2D eigenvalue weighted by Crippen LogP contribution is 2.48. The summed E-state index contributed by atoms with van der Waals surface area (Å²) in [5.74, 6) is -0.713. The van der Waals surface area contributed by atoms with E-state index in [4.69, 9.17) is 4.84 Å². The van der Waals surface area contributed by atoms with Crippen molar-refractivity contribution < 1.29 is 9.63 Å². The number of hydrogen-bond donors (Lipinski definition) is 0. The van der Waals surface area contributed by atoms with E-state index in [1.807, 2.05) is 36.4 Å². The van der Waals surface area contributed by atoms with Crippen molar-refractivity contribution in [3.8, 4) is 11.1 Å². The van der Waals surface area contributed by atoms with Crippen LogP contribution in [0.15, 0.2) is 114 Å². The van der Waals surface area contributed by atoms with Gasteiger partial charge in [0.25, 0.3) is 0 Å². The van der Waals surface area contributed by atoms with Gasteiger partial charge in [0.05, 0.1) is 17.5 Å². The lowest BCUT2D eigenvalue weighted by Gasteiger charge is -2.25. The number of benzene rings is 4. The Kier molecular flexibility index (Phi) is 5.39. The first kappa shape index (κ1) is 20.0. The van der Waals surface area contributed by atoms with Crippen LogP contribution in [0.1, 0.15) is 41.0 Å². The van der Waals surface area contributed by atoms with E-state index < -0.39 is 5.97 Å². The van der Waals surface area contributed by atoms with Gasteiger partial charge in [0.2, 0.25) is 0 Å². The molecule has 0 amide bonds. The largest absolute Gasteiger partial charge is 0.331 e. The molecular formula is C29H23NO2. The topological polar surface area (TPSA) is 38.7 Å². The van der Waals surface area contributed by atoms with Crippen LogP contribution in [-0.4, -0.2) is 11.7 Å². The van der Waals surface area contributed by atoms with Crippen LogP contribution < -0.4 is 0 Å². The monoisotopic (exact) mass is 417 g/mol. The third-order valence-electron chi connectivity index (χ3n) is 5.97. The lowest BCUT2D eigenvalue weighted by atomic mass is 9.78. The predicted molar refractivity (Wildman–Crippen MR) is 128 cm³/mol. The third-order valence-corrected chi connectivity index (χ3v) is 5.97. The van der Waals surface area contributed by atoms with Crippen molar-refractivity contribution in [1.29, 1.82) is 0 Å². The molecule has 0 saturated carbocycles. The maximum Gasteiger partial charge on any atom is 0.331 e. The number of hydrogen-bond acceptors (Lipinski definition) is 3. The first-order valence-electron chi connectivity index (χ1n) is 10.8. The second kappa shape index (κ2) is 8.64. The number of carbonyl (C=O) groups is 1. The van der Waals surface area contributed by atoms with E-state index in [2.05, 4.69) is 78.0 Å². The molecule has 156 valence electrons. The molecule has 1 aliphatic rings. The highest BCUT2D eigenvalue weighted by molar-refractivity contribution is 6.05. The summed E-state index contributed by atoms with van der Waals surface area (Å²) in [4.78, 5) is 17.1. The second-order valence-corrected chi connectivity index (χ2v) is 7.96. The van der Waals surface area contributed by atoms with Crippen molar-refractivity contribution in [2.75, 3.05) is 0 Å². The average molecular weight is 418 g/mol. The molecule has 0 aromatic heterocycles. The average Bonchev–Trinajstić information content (AvgIpc) is 3.17. The molecule has 1 aliphatic carbocycles. The van der Waals surface area contributed by atoms with Gasteiger partial charge in [0.15, 0.2) is 0 Å². The van der Waals surface area contributed by atoms with Crippen molar-refractivity contribution in [2.45, 2.75) is 18.8 Å². The first-order chi connectivity index (χ1) is 15.7. The Balaban J connectivity index is 1.76. The van der Waals surface area contributed by atoms with Gasteiger partial charge in [-0.15, -0.1) is 0 Å². The van der Waals surface area contributed by atoms with Gasteiger partial charge >= 0.3 is 5.97 Å². The molecule has 4 aromatic carbocycles. The molecule has 0 saturated heterocycles.